The fraction of sp³-hybridized carbons (Fsp3) is 0.0246. The molecule has 1 aliphatic rings. The van der Waals surface area contributed by atoms with E-state index < -0.39 is 0 Å². The number of fused-ring (bicyclic) bond motifs is 30. The molecule has 0 aliphatic heterocycles. The molecule has 0 radical (unpaired) electrons. The van der Waals surface area contributed by atoms with Crippen molar-refractivity contribution in [3.8, 4) is 78.3 Å². The zero-order valence-electron chi connectivity index (χ0n) is 70.7. The van der Waals surface area contributed by atoms with Crippen molar-refractivity contribution in [2.45, 2.75) is 19.3 Å². The van der Waals surface area contributed by atoms with Crippen LogP contribution in [0.3, 0.4) is 0 Å². The molecule has 27 aromatic rings. The first-order valence-electron chi connectivity index (χ1n) is 44.2. The molecule has 0 N–H and O–H groups in total. The Kier molecular flexibility index (Phi) is 16.7. The molecule has 0 saturated heterocycles. The van der Waals surface area contributed by atoms with Crippen molar-refractivity contribution in [1.29, 1.82) is 0 Å². The molecule has 0 spiro atoms. The van der Waals surface area contributed by atoms with E-state index in [1.807, 2.05) is 55.0 Å². The van der Waals surface area contributed by atoms with Gasteiger partial charge in [0.1, 0.15) is 11.2 Å². The number of benzene rings is 20. The first-order valence-corrected chi connectivity index (χ1v) is 44.2. The third-order valence-corrected chi connectivity index (χ3v) is 27.4. The molecule has 0 atom stereocenters. The molecule has 28 rings (SSSR count). The molecule has 7 aromatic heterocycles. The molecule has 0 fully saturated rings. The lowest BCUT2D eigenvalue weighted by molar-refractivity contribution is 0.661. The Balaban J connectivity index is 0.000000103. The van der Waals surface area contributed by atoms with Crippen molar-refractivity contribution in [3.05, 3.63) is 429 Å². The summed E-state index contributed by atoms with van der Waals surface area (Å²) >= 11 is 0. The number of aromatic nitrogens is 6. The second-order valence-electron chi connectivity index (χ2n) is 34.7. The summed E-state index contributed by atoms with van der Waals surface area (Å²) in [6.45, 7) is 12.0. The number of hydrogen-bond donors (Lipinski definition) is 0. The van der Waals surface area contributed by atoms with Crippen LogP contribution in [-0.2, 0) is 5.41 Å². The third kappa shape index (κ3) is 11.4. The Morgan fingerprint density at radius 2 is 0.600 bits per heavy atom. The Morgan fingerprint density at radius 3 is 1.12 bits per heavy atom. The smallest absolute Gasteiger partial charge is 0.187 e. The second kappa shape index (κ2) is 29.2. The van der Waals surface area contributed by atoms with Crippen LogP contribution in [0.5, 0.6) is 0 Å². The van der Waals surface area contributed by atoms with E-state index >= 15 is 0 Å². The molecule has 8 heteroatoms. The molecule has 0 unspecified atom stereocenters. The highest BCUT2D eigenvalue weighted by Crippen LogP contribution is 2.53. The molecule has 20 aromatic carbocycles. The topological polar surface area (TPSA) is 94.8 Å². The first-order chi connectivity index (χ1) is 64.2. The van der Waals surface area contributed by atoms with Gasteiger partial charge in [-0.25, -0.2) is 19.8 Å². The van der Waals surface area contributed by atoms with Gasteiger partial charge in [-0.1, -0.05) is 354 Å². The molecule has 0 amide bonds. The minimum Gasteiger partial charge on any atom is -0.455 e. The molecule has 602 valence electrons. The van der Waals surface area contributed by atoms with Gasteiger partial charge in [0.2, 0.25) is 0 Å². The lowest BCUT2D eigenvalue weighted by atomic mass is 9.81. The van der Waals surface area contributed by atoms with E-state index in [4.69, 9.17) is 40.9 Å². The Morgan fingerprint density at radius 1 is 0.238 bits per heavy atom. The zero-order valence-corrected chi connectivity index (χ0v) is 70.7. The number of nitrogens with zero attached hydrogens (tertiary/aromatic N) is 7. The van der Waals surface area contributed by atoms with Crippen LogP contribution in [0, 0.1) is 6.57 Å². The van der Waals surface area contributed by atoms with Crippen LogP contribution in [0.15, 0.2) is 411 Å². The highest BCUT2D eigenvalue weighted by atomic mass is 16.3. The molecule has 1 aliphatic carbocycles. The van der Waals surface area contributed by atoms with Crippen LogP contribution < -0.4 is 0 Å². The molecule has 130 heavy (non-hydrogen) atoms. The van der Waals surface area contributed by atoms with Crippen LogP contribution in [0.25, 0.3) is 267 Å². The average molecular weight is 1650 g/mol. The van der Waals surface area contributed by atoms with Gasteiger partial charge < -0.3 is 4.42 Å². The summed E-state index contributed by atoms with van der Waals surface area (Å²) in [5.41, 5.74) is 26.6. The molecule has 7 heterocycles. The predicted octanol–water partition coefficient (Wildman–Crippen LogP) is 32.9. The van der Waals surface area contributed by atoms with Gasteiger partial charge in [-0.05, 0) is 147 Å². The van der Waals surface area contributed by atoms with E-state index in [2.05, 4.69) is 371 Å². The SMILES string of the molecule is [C-]#[N+]c1ccc2c(c1)C(C)(C)c1cc(-c3ccc(-c4nc5ccccc5c5c6ccccc6c6ncccc6c45)cc3)ccc1-2.c1cc2ccc3ccc(-c4ccc(-c5nc6ccccc6c6c7ccccc7c7ncccc7c56)cc4)c4ccc(c1)c2c34.c1ccc2c(c1)nc(-c1ccc(-c3cccc4c3oc3ccccc34)cc1)c1c3ccccc3c3ncccc3c21. The van der Waals surface area contributed by atoms with E-state index in [0.29, 0.717) is 5.69 Å². The van der Waals surface area contributed by atoms with Gasteiger partial charge in [-0.2, -0.15) is 0 Å². The van der Waals surface area contributed by atoms with Gasteiger partial charge in [-0.3, -0.25) is 15.0 Å². The number of pyridine rings is 6. The summed E-state index contributed by atoms with van der Waals surface area (Å²) in [6.07, 6.45) is 5.65. The van der Waals surface area contributed by atoms with E-state index in [1.165, 1.54) is 109 Å². The quantitative estimate of drug-likeness (QED) is 0.121. The fourth-order valence-corrected chi connectivity index (χ4v) is 21.4. The van der Waals surface area contributed by atoms with E-state index in [9.17, 15) is 0 Å². The van der Waals surface area contributed by atoms with Gasteiger partial charge >= 0.3 is 0 Å². The van der Waals surface area contributed by atoms with E-state index in [-0.39, 0.29) is 5.41 Å². The maximum Gasteiger partial charge on any atom is 0.187 e. The number of furan rings is 1. The van der Waals surface area contributed by atoms with Gasteiger partial charge in [0, 0.05) is 138 Å². The van der Waals surface area contributed by atoms with Crippen LogP contribution in [0.1, 0.15) is 25.0 Å². The lowest BCUT2D eigenvalue weighted by Crippen LogP contribution is -2.14. The summed E-state index contributed by atoms with van der Waals surface area (Å²) < 4.78 is 6.33. The summed E-state index contributed by atoms with van der Waals surface area (Å²) in [5, 5.41) is 31.1. The van der Waals surface area contributed by atoms with Crippen molar-refractivity contribution in [2.24, 2.45) is 0 Å². The molecular weight excluding hydrogens is 1580 g/mol. The first kappa shape index (κ1) is 74.2. The van der Waals surface area contributed by atoms with E-state index in [0.717, 1.165) is 165 Å². The number of para-hydroxylation sites is 5. The molecule has 0 bridgehead atoms. The normalized spacial score (nSPS) is 12.4. The maximum absolute atomic E-state index is 7.50. The fourth-order valence-electron chi connectivity index (χ4n) is 21.4. The van der Waals surface area contributed by atoms with Crippen LogP contribution in [0.2, 0.25) is 0 Å². The number of hydrogen-bond acceptors (Lipinski definition) is 7. The monoisotopic (exact) mass is 1650 g/mol. The van der Waals surface area contributed by atoms with Crippen molar-refractivity contribution < 1.29 is 4.42 Å². The van der Waals surface area contributed by atoms with Crippen LogP contribution >= 0.6 is 0 Å². The lowest BCUT2D eigenvalue weighted by Gasteiger charge is -2.22. The van der Waals surface area contributed by atoms with Gasteiger partial charge in [0.25, 0.3) is 0 Å². The Labute approximate surface area is 746 Å². The Bertz CT molecular complexity index is 9530. The van der Waals surface area contributed by atoms with Crippen molar-refractivity contribution in [1.82, 2.24) is 29.9 Å². The van der Waals surface area contributed by atoms with Crippen molar-refractivity contribution >= 4 is 190 Å². The third-order valence-electron chi connectivity index (χ3n) is 27.4. The Hall–Kier alpha value is -17.3. The summed E-state index contributed by atoms with van der Waals surface area (Å²) in [5.74, 6) is 0. The molecule has 0 saturated carbocycles. The van der Waals surface area contributed by atoms with Gasteiger partial charge in [0.05, 0.1) is 56.8 Å². The van der Waals surface area contributed by atoms with Crippen LogP contribution in [-0.4, -0.2) is 29.9 Å². The summed E-state index contributed by atoms with van der Waals surface area (Å²) in [7, 11) is 0. The zero-order chi connectivity index (χ0) is 86.0. The molecule has 8 nitrogen and oxygen atoms in total. The van der Waals surface area contributed by atoms with Gasteiger partial charge in [-0.15, -0.1) is 0 Å². The standard InChI is InChI=1S/C42H27N3.C42H24N2.C38H22N2O/c1-42(2)35-23-27(18-20-29(35)30-21-19-28(43-3)24-36(30)42)25-14-16-26(17-15-25)40-39-34-12-8-22-44-41(34)32-10-5-4-9-31(32)38(39)33-11-6-7-13-37(33)45-40;1-2-10-33-31(9-1)39-34-11-3-4-13-36(34)44-41(40(39)35-12-6-24-43-42(33)35)29-18-14-25(15-19-29)30-22-20-28-17-16-26-7-5-8-27-21-23-32(30)38(28)37(26)27;1-2-11-28-27(10-1)35-34(31-15-8-22-39-37(28)31)30-12-3-5-16-32(30)40-36(35)24-20-18-23(19-21-24)25-13-7-14-29-26-9-4-6-17-33(26)41-38(25)29/h4-24H,1-2H3;1-24H;1-22H. The largest absolute Gasteiger partial charge is 0.455 e. The maximum atomic E-state index is 7.50. The van der Waals surface area contributed by atoms with Gasteiger partial charge in [0.15, 0.2) is 5.69 Å². The second-order valence-corrected chi connectivity index (χ2v) is 34.7. The minimum atomic E-state index is -0.173. The highest BCUT2D eigenvalue weighted by Gasteiger charge is 2.36. The summed E-state index contributed by atoms with van der Waals surface area (Å²) in [4.78, 5) is 34.1. The van der Waals surface area contributed by atoms with Crippen molar-refractivity contribution in [3.63, 3.8) is 0 Å². The minimum absolute atomic E-state index is 0.173. The summed E-state index contributed by atoms with van der Waals surface area (Å²) in [6, 6.07) is 138. The highest BCUT2D eigenvalue weighted by molar-refractivity contribution is 6.36. The molecular formula is C122H73N7O. The predicted molar refractivity (Wildman–Crippen MR) is 544 cm³/mol. The van der Waals surface area contributed by atoms with Crippen molar-refractivity contribution in [2.75, 3.05) is 0 Å². The number of rotatable bonds is 6. The van der Waals surface area contributed by atoms with E-state index in [1.54, 1.807) is 0 Å². The van der Waals surface area contributed by atoms with Crippen LogP contribution in [0.4, 0.5) is 5.69 Å². The average Bonchev–Trinajstić information content (AvgIpc) is 0.864.